The molecule has 0 unspecified atom stereocenters. The van der Waals surface area contributed by atoms with Crippen molar-refractivity contribution in [3.05, 3.63) is 60.2 Å². The highest BCUT2D eigenvalue weighted by Gasteiger charge is 2.32. The summed E-state index contributed by atoms with van der Waals surface area (Å²) >= 11 is 0. The van der Waals surface area contributed by atoms with Gasteiger partial charge in [0.05, 0.1) is 11.4 Å². The molecule has 0 aromatic heterocycles. The maximum Gasteiger partial charge on any atom is 0.573 e. The molecular weight excluding hydrogens is 447 g/mol. The summed E-state index contributed by atoms with van der Waals surface area (Å²) < 4.78 is 67.4. The van der Waals surface area contributed by atoms with E-state index in [-0.39, 0.29) is 30.4 Å². The first-order chi connectivity index (χ1) is 15.0. The third kappa shape index (κ3) is 6.44. The van der Waals surface area contributed by atoms with Gasteiger partial charge in [-0.05, 0) is 29.8 Å². The lowest BCUT2D eigenvalue weighted by atomic mass is 10.2. The Balaban J connectivity index is 1.52. The quantitative estimate of drug-likeness (QED) is 0.621. The van der Waals surface area contributed by atoms with Gasteiger partial charge in [-0.1, -0.05) is 30.3 Å². The molecule has 1 aliphatic rings. The highest BCUT2D eigenvalue weighted by molar-refractivity contribution is 7.89. The fraction of sp³-hybridized carbons (Fsp3) is 0.381. The van der Waals surface area contributed by atoms with Gasteiger partial charge in [0.15, 0.2) is 0 Å². The number of rotatable bonds is 7. The summed E-state index contributed by atoms with van der Waals surface area (Å²) in [5.74, 6) is -0.551. The predicted molar refractivity (Wildman–Crippen MR) is 111 cm³/mol. The van der Waals surface area contributed by atoms with Gasteiger partial charge in [0, 0.05) is 39.8 Å². The van der Waals surface area contributed by atoms with Crippen molar-refractivity contribution in [3.8, 4) is 5.75 Å². The second-order valence-corrected chi connectivity index (χ2v) is 9.37. The van der Waals surface area contributed by atoms with Crippen molar-refractivity contribution in [1.82, 2.24) is 14.1 Å². The van der Waals surface area contributed by atoms with Gasteiger partial charge in [0.1, 0.15) is 5.75 Å². The van der Waals surface area contributed by atoms with Gasteiger partial charge in [0.2, 0.25) is 15.9 Å². The van der Waals surface area contributed by atoms with Gasteiger partial charge >= 0.3 is 6.36 Å². The van der Waals surface area contributed by atoms with Crippen LogP contribution >= 0.6 is 0 Å². The number of hydrogen-bond donors (Lipinski definition) is 0. The van der Waals surface area contributed by atoms with Gasteiger partial charge in [-0.3, -0.25) is 9.69 Å². The molecule has 0 radical (unpaired) electrons. The number of sulfonamides is 1. The normalized spacial score (nSPS) is 16.0. The van der Waals surface area contributed by atoms with E-state index in [1.165, 1.54) is 4.31 Å². The summed E-state index contributed by atoms with van der Waals surface area (Å²) in [7, 11) is -2.13. The van der Waals surface area contributed by atoms with Gasteiger partial charge < -0.3 is 9.64 Å². The SMILES string of the molecule is CN(Cc1ccccc1)C(=O)CN1CCN(S(=O)(=O)c2ccc(OC(F)(F)F)cc2)CC1. The zero-order chi connectivity index (χ0) is 23.4. The molecule has 2 aromatic rings. The summed E-state index contributed by atoms with van der Waals surface area (Å²) in [5.41, 5.74) is 1.02. The van der Waals surface area contributed by atoms with Crippen molar-refractivity contribution >= 4 is 15.9 Å². The van der Waals surface area contributed by atoms with Gasteiger partial charge in [-0.25, -0.2) is 8.42 Å². The third-order valence-corrected chi connectivity index (χ3v) is 6.99. The van der Waals surface area contributed by atoms with Crippen LogP contribution in [-0.4, -0.2) is 74.6 Å². The maximum absolute atomic E-state index is 12.8. The Hall–Kier alpha value is -2.63. The molecule has 1 saturated heterocycles. The molecule has 1 fully saturated rings. The lowest BCUT2D eigenvalue weighted by molar-refractivity contribution is -0.274. The summed E-state index contributed by atoms with van der Waals surface area (Å²) in [6, 6.07) is 13.7. The van der Waals surface area contributed by atoms with E-state index in [0.29, 0.717) is 19.6 Å². The fourth-order valence-electron chi connectivity index (χ4n) is 3.35. The molecule has 7 nitrogen and oxygen atoms in total. The molecule has 32 heavy (non-hydrogen) atoms. The minimum Gasteiger partial charge on any atom is -0.406 e. The minimum absolute atomic E-state index is 0.0644. The van der Waals surface area contributed by atoms with Crippen molar-refractivity contribution < 1.29 is 31.1 Å². The molecule has 0 spiro atoms. The zero-order valence-electron chi connectivity index (χ0n) is 17.5. The number of likely N-dealkylation sites (N-methyl/N-ethyl adjacent to an activating group) is 1. The Morgan fingerprint density at radius 2 is 1.59 bits per heavy atom. The lowest BCUT2D eigenvalue weighted by Crippen LogP contribution is -2.51. The van der Waals surface area contributed by atoms with Gasteiger partial charge in [-0.2, -0.15) is 4.31 Å². The molecular formula is C21H24F3N3O4S. The van der Waals surface area contributed by atoms with Crippen LogP contribution < -0.4 is 4.74 Å². The van der Waals surface area contributed by atoms with Gasteiger partial charge in [0.25, 0.3) is 0 Å². The first-order valence-corrected chi connectivity index (χ1v) is 11.3. The van der Waals surface area contributed by atoms with Crippen LogP contribution in [0, 0.1) is 0 Å². The topological polar surface area (TPSA) is 70.2 Å². The Morgan fingerprint density at radius 3 is 2.16 bits per heavy atom. The van der Waals surface area contributed by atoms with Gasteiger partial charge in [-0.15, -0.1) is 13.2 Å². The number of halogens is 3. The molecule has 0 atom stereocenters. The average molecular weight is 472 g/mol. The lowest BCUT2D eigenvalue weighted by Gasteiger charge is -2.34. The van der Waals surface area contributed by atoms with Crippen molar-refractivity contribution in [3.63, 3.8) is 0 Å². The molecule has 1 amide bonds. The summed E-state index contributed by atoms with van der Waals surface area (Å²) in [6.45, 7) is 1.78. The predicted octanol–water partition coefficient (Wildman–Crippen LogP) is 2.55. The highest BCUT2D eigenvalue weighted by atomic mass is 32.2. The summed E-state index contributed by atoms with van der Waals surface area (Å²) in [5, 5.41) is 0. The zero-order valence-corrected chi connectivity index (χ0v) is 18.3. The molecule has 0 bridgehead atoms. The Kier molecular flexibility index (Phi) is 7.42. The number of nitrogens with zero attached hydrogens (tertiary/aromatic N) is 3. The average Bonchev–Trinajstić information content (AvgIpc) is 2.74. The Labute approximate surface area is 185 Å². The largest absolute Gasteiger partial charge is 0.573 e. The van der Waals surface area contributed by atoms with Crippen LogP contribution in [0.1, 0.15) is 5.56 Å². The Bertz CT molecular complexity index is 1010. The first kappa shape index (κ1) is 24.0. The maximum atomic E-state index is 12.8. The number of hydrogen-bond acceptors (Lipinski definition) is 5. The number of amides is 1. The van der Waals surface area contributed by atoms with Crippen LogP contribution in [-0.2, 0) is 21.4 Å². The highest BCUT2D eigenvalue weighted by Crippen LogP contribution is 2.25. The molecule has 0 saturated carbocycles. The monoisotopic (exact) mass is 471 g/mol. The molecule has 0 N–H and O–H groups in total. The number of carbonyl (C=O) groups excluding carboxylic acids is 1. The van der Waals surface area contributed by atoms with Crippen LogP contribution in [0.4, 0.5) is 13.2 Å². The third-order valence-electron chi connectivity index (χ3n) is 5.07. The van der Waals surface area contributed by atoms with Crippen LogP contribution in [0.5, 0.6) is 5.75 Å². The number of alkyl halides is 3. The van der Waals surface area contributed by atoms with Crippen molar-refractivity contribution in [2.75, 3.05) is 39.8 Å². The van der Waals surface area contributed by atoms with Crippen LogP contribution in [0.2, 0.25) is 0 Å². The standard InChI is InChI=1S/C21H24F3N3O4S/c1-25(15-17-5-3-2-4-6-17)20(28)16-26-11-13-27(14-12-26)32(29,30)19-9-7-18(8-10-19)31-21(22,23)24/h2-10H,11-16H2,1H3. The molecule has 1 heterocycles. The van der Waals surface area contributed by atoms with E-state index in [1.54, 1.807) is 11.9 Å². The van der Waals surface area contributed by atoms with Crippen molar-refractivity contribution in [2.45, 2.75) is 17.8 Å². The first-order valence-electron chi connectivity index (χ1n) is 9.91. The van der Waals surface area contributed by atoms with E-state index in [2.05, 4.69) is 4.74 Å². The molecule has 174 valence electrons. The van der Waals surface area contributed by atoms with E-state index in [9.17, 15) is 26.4 Å². The number of ether oxygens (including phenoxy) is 1. The van der Waals surface area contributed by atoms with E-state index in [0.717, 1.165) is 29.8 Å². The smallest absolute Gasteiger partial charge is 0.406 e. The van der Waals surface area contributed by atoms with E-state index >= 15 is 0 Å². The van der Waals surface area contributed by atoms with Crippen LogP contribution in [0.3, 0.4) is 0 Å². The second-order valence-electron chi connectivity index (χ2n) is 7.43. The van der Waals surface area contributed by atoms with Crippen LogP contribution in [0.15, 0.2) is 59.5 Å². The number of carbonyl (C=O) groups is 1. The van der Waals surface area contributed by atoms with E-state index in [1.807, 2.05) is 35.2 Å². The Morgan fingerprint density at radius 1 is 1.00 bits per heavy atom. The number of benzene rings is 2. The van der Waals surface area contributed by atoms with Crippen molar-refractivity contribution in [1.29, 1.82) is 0 Å². The van der Waals surface area contributed by atoms with E-state index in [4.69, 9.17) is 0 Å². The minimum atomic E-state index is -4.84. The second kappa shape index (κ2) is 9.88. The number of piperazine rings is 1. The van der Waals surface area contributed by atoms with E-state index < -0.39 is 22.1 Å². The molecule has 3 rings (SSSR count). The molecule has 1 aliphatic heterocycles. The summed E-state index contributed by atoms with van der Waals surface area (Å²) in [4.78, 5) is 15.9. The van der Waals surface area contributed by atoms with Crippen LogP contribution in [0.25, 0.3) is 0 Å². The van der Waals surface area contributed by atoms with Crippen molar-refractivity contribution in [2.24, 2.45) is 0 Å². The molecule has 2 aromatic carbocycles. The molecule has 0 aliphatic carbocycles. The summed E-state index contributed by atoms with van der Waals surface area (Å²) in [6.07, 6.45) is -4.84. The molecule has 11 heteroatoms. The fourth-order valence-corrected chi connectivity index (χ4v) is 4.77.